The Morgan fingerprint density at radius 2 is 1.48 bits per heavy atom. The lowest BCUT2D eigenvalue weighted by atomic mass is 10.0. The first-order valence-corrected chi connectivity index (χ1v) is 10.9. The third kappa shape index (κ3) is 4.66. The molecule has 1 atom stereocenters. The molecule has 1 aliphatic heterocycles. The van der Waals surface area contributed by atoms with E-state index >= 15 is 0 Å². The maximum Gasteiger partial charge on any atom is 0.330 e. The van der Waals surface area contributed by atoms with Gasteiger partial charge in [0.05, 0.1) is 36.9 Å². The van der Waals surface area contributed by atoms with Gasteiger partial charge in [-0.15, -0.1) is 0 Å². The summed E-state index contributed by atoms with van der Waals surface area (Å²) in [5, 5.41) is 1.29. The van der Waals surface area contributed by atoms with Crippen LogP contribution in [0.3, 0.4) is 0 Å². The number of halogens is 5. The second-order valence-electron chi connectivity index (χ2n) is 7.31. The van der Waals surface area contributed by atoms with Crippen molar-refractivity contribution >= 4 is 75.8 Å². The van der Waals surface area contributed by atoms with E-state index in [4.69, 9.17) is 51.1 Å². The predicted octanol–water partition coefficient (Wildman–Crippen LogP) is 5.24. The summed E-state index contributed by atoms with van der Waals surface area (Å²) in [5.74, 6) is -4.96. The molecule has 1 N–H and O–H groups in total. The summed E-state index contributed by atoms with van der Waals surface area (Å²) < 4.78 is 18.7. The van der Waals surface area contributed by atoms with Crippen LogP contribution in [0, 0.1) is 11.7 Å². The highest BCUT2D eigenvalue weighted by molar-refractivity contribution is 6.55. The predicted molar refractivity (Wildman–Crippen MR) is 122 cm³/mol. The number of esters is 1. The summed E-state index contributed by atoms with van der Waals surface area (Å²) in [6.07, 6.45) is 0. The number of hydrogen-bond acceptors (Lipinski definition) is 5. The minimum absolute atomic E-state index is 0.0997. The first kappa shape index (κ1) is 25.2. The Hall–Kier alpha value is -2.39. The number of benzene rings is 2. The third-order valence-corrected chi connectivity index (χ3v) is 6.58. The molecule has 174 valence electrons. The fourth-order valence-electron chi connectivity index (χ4n) is 3.27. The molecule has 1 aliphatic rings. The Labute approximate surface area is 207 Å². The molecule has 0 saturated carbocycles. The van der Waals surface area contributed by atoms with E-state index in [1.54, 1.807) is 13.8 Å². The molecule has 3 rings (SSSR count). The zero-order valence-electron chi connectivity index (χ0n) is 17.0. The SMILES string of the molecule is CC(C)[C@H](C(=O)OCC(=O)Nc1ccccc1F)N1C(=O)c2c(Cl)c(Cl)c(Cl)c(Cl)c2C1=O. The van der Waals surface area contributed by atoms with E-state index in [2.05, 4.69) is 5.32 Å². The molecule has 3 amide bonds. The van der Waals surface area contributed by atoms with Gasteiger partial charge < -0.3 is 10.1 Å². The lowest BCUT2D eigenvalue weighted by Crippen LogP contribution is -2.49. The number of fused-ring (bicyclic) bond motifs is 1. The number of para-hydroxylation sites is 1. The fraction of sp³-hybridized carbons (Fsp3) is 0.238. The van der Waals surface area contributed by atoms with Crippen LogP contribution in [0.4, 0.5) is 10.1 Å². The van der Waals surface area contributed by atoms with Gasteiger partial charge in [0.2, 0.25) is 0 Å². The van der Waals surface area contributed by atoms with Crippen molar-refractivity contribution in [3.63, 3.8) is 0 Å². The maximum atomic E-state index is 13.7. The van der Waals surface area contributed by atoms with Crippen LogP contribution in [0.1, 0.15) is 34.6 Å². The van der Waals surface area contributed by atoms with Gasteiger partial charge in [-0.25, -0.2) is 9.18 Å². The maximum absolute atomic E-state index is 13.7. The van der Waals surface area contributed by atoms with E-state index in [9.17, 15) is 23.6 Å². The van der Waals surface area contributed by atoms with E-state index in [1.165, 1.54) is 18.2 Å². The molecule has 0 aromatic heterocycles. The van der Waals surface area contributed by atoms with Crippen LogP contribution in [0.15, 0.2) is 24.3 Å². The Morgan fingerprint density at radius 1 is 0.970 bits per heavy atom. The molecular formula is C21H15Cl4FN2O5. The van der Waals surface area contributed by atoms with Gasteiger partial charge in [0.15, 0.2) is 6.61 Å². The van der Waals surface area contributed by atoms with Crippen molar-refractivity contribution in [2.24, 2.45) is 5.92 Å². The topological polar surface area (TPSA) is 92.8 Å². The summed E-state index contributed by atoms with van der Waals surface area (Å²) in [6, 6.07) is 4.01. The number of nitrogens with one attached hydrogen (secondary N) is 1. The minimum Gasteiger partial charge on any atom is -0.454 e. The number of ether oxygens (including phenoxy) is 1. The Balaban J connectivity index is 1.82. The molecule has 0 radical (unpaired) electrons. The second kappa shape index (κ2) is 9.85. The molecule has 1 heterocycles. The van der Waals surface area contributed by atoms with Crippen molar-refractivity contribution in [3.8, 4) is 0 Å². The average molecular weight is 536 g/mol. The van der Waals surface area contributed by atoms with E-state index in [-0.39, 0.29) is 36.9 Å². The van der Waals surface area contributed by atoms with Crippen molar-refractivity contribution in [1.82, 2.24) is 4.90 Å². The van der Waals surface area contributed by atoms with Crippen LogP contribution >= 0.6 is 46.4 Å². The molecule has 0 unspecified atom stereocenters. The smallest absolute Gasteiger partial charge is 0.330 e. The standard InChI is InChI=1S/C21H15Cl4FN2O5/c1-8(2)18(21(32)33-7-11(29)27-10-6-4-3-5-9(10)26)28-19(30)12-13(20(28)31)15(23)17(25)16(24)14(12)22/h3-6,8,18H,7H2,1-2H3,(H,27,29)/t18-/m1/s1. The van der Waals surface area contributed by atoms with Crippen molar-refractivity contribution in [3.05, 3.63) is 61.3 Å². The zero-order valence-corrected chi connectivity index (χ0v) is 20.1. The number of hydrogen-bond donors (Lipinski definition) is 1. The molecule has 0 spiro atoms. The molecule has 7 nitrogen and oxygen atoms in total. The Kier molecular flexibility index (Phi) is 7.53. The lowest BCUT2D eigenvalue weighted by Gasteiger charge is -2.27. The number of amides is 3. The molecule has 12 heteroatoms. The Bertz CT molecular complexity index is 1140. The van der Waals surface area contributed by atoms with Gasteiger partial charge in [0, 0.05) is 0 Å². The van der Waals surface area contributed by atoms with Gasteiger partial charge >= 0.3 is 5.97 Å². The average Bonchev–Trinajstić information content (AvgIpc) is 3.01. The molecule has 0 bridgehead atoms. The molecule has 0 saturated heterocycles. The molecule has 33 heavy (non-hydrogen) atoms. The summed E-state index contributed by atoms with van der Waals surface area (Å²) >= 11 is 24.2. The van der Waals surface area contributed by atoms with Crippen LogP contribution in [0.2, 0.25) is 20.1 Å². The number of anilines is 1. The minimum atomic E-state index is -1.41. The summed E-state index contributed by atoms with van der Waals surface area (Å²) in [6.45, 7) is 2.36. The van der Waals surface area contributed by atoms with Gasteiger partial charge in [0.25, 0.3) is 17.7 Å². The largest absolute Gasteiger partial charge is 0.454 e. The highest BCUT2D eigenvalue weighted by Crippen LogP contribution is 2.45. The van der Waals surface area contributed by atoms with Gasteiger partial charge in [-0.3, -0.25) is 19.3 Å². The van der Waals surface area contributed by atoms with Gasteiger partial charge in [-0.2, -0.15) is 0 Å². The normalized spacial score (nSPS) is 13.9. The Morgan fingerprint density at radius 3 is 1.97 bits per heavy atom. The van der Waals surface area contributed by atoms with Crippen molar-refractivity contribution in [2.75, 3.05) is 11.9 Å². The number of nitrogens with zero attached hydrogens (tertiary/aromatic N) is 1. The first-order valence-electron chi connectivity index (χ1n) is 9.42. The monoisotopic (exact) mass is 534 g/mol. The quantitative estimate of drug-likeness (QED) is 0.236. The molecule has 2 aromatic rings. The number of rotatable bonds is 6. The number of carbonyl (C=O) groups excluding carboxylic acids is 4. The van der Waals surface area contributed by atoms with Crippen LogP contribution in [-0.2, 0) is 14.3 Å². The van der Waals surface area contributed by atoms with Crippen LogP contribution in [0.5, 0.6) is 0 Å². The van der Waals surface area contributed by atoms with Crippen LogP contribution in [0.25, 0.3) is 0 Å². The van der Waals surface area contributed by atoms with E-state index < -0.39 is 48.1 Å². The fourth-order valence-corrected chi connectivity index (χ4v) is 4.28. The molecule has 0 aliphatic carbocycles. The van der Waals surface area contributed by atoms with E-state index in [1.807, 2.05) is 0 Å². The van der Waals surface area contributed by atoms with Crippen molar-refractivity contribution in [2.45, 2.75) is 19.9 Å². The molecule has 2 aromatic carbocycles. The van der Waals surface area contributed by atoms with E-state index in [0.717, 1.165) is 6.07 Å². The first-order chi connectivity index (χ1) is 15.5. The number of imide groups is 1. The van der Waals surface area contributed by atoms with Crippen LogP contribution in [-0.4, -0.2) is 41.2 Å². The highest BCUT2D eigenvalue weighted by atomic mass is 35.5. The zero-order chi connectivity index (χ0) is 24.6. The highest BCUT2D eigenvalue weighted by Gasteiger charge is 2.48. The second-order valence-corrected chi connectivity index (χ2v) is 8.82. The van der Waals surface area contributed by atoms with E-state index in [0.29, 0.717) is 4.90 Å². The summed E-state index contributed by atoms with van der Waals surface area (Å²) in [4.78, 5) is 51.6. The van der Waals surface area contributed by atoms with Gasteiger partial charge in [0.1, 0.15) is 11.9 Å². The summed E-state index contributed by atoms with van der Waals surface area (Å²) in [5.41, 5.74) is -0.661. The van der Waals surface area contributed by atoms with Gasteiger partial charge in [-0.05, 0) is 18.1 Å². The molecule has 0 fully saturated rings. The van der Waals surface area contributed by atoms with Crippen molar-refractivity contribution < 1.29 is 28.3 Å². The molecular weight excluding hydrogens is 521 g/mol. The third-order valence-electron chi connectivity index (χ3n) is 4.78. The van der Waals surface area contributed by atoms with Crippen LogP contribution < -0.4 is 5.32 Å². The number of carbonyl (C=O) groups is 4. The van der Waals surface area contributed by atoms with Crippen molar-refractivity contribution in [1.29, 1.82) is 0 Å². The lowest BCUT2D eigenvalue weighted by molar-refractivity contribution is -0.152. The summed E-state index contributed by atoms with van der Waals surface area (Å²) in [7, 11) is 0. The van der Waals surface area contributed by atoms with Gasteiger partial charge in [-0.1, -0.05) is 72.4 Å².